The third-order valence-corrected chi connectivity index (χ3v) is 2.94. The van der Waals surface area contributed by atoms with Gasteiger partial charge in [0.25, 0.3) is 5.91 Å². The van der Waals surface area contributed by atoms with Gasteiger partial charge in [-0.15, -0.1) is 0 Å². The molecule has 2 aromatic carbocycles. The van der Waals surface area contributed by atoms with Crippen molar-refractivity contribution in [1.29, 1.82) is 0 Å². The van der Waals surface area contributed by atoms with E-state index in [0.717, 1.165) is 5.56 Å². The summed E-state index contributed by atoms with van der Waals surface area (Å²) in [5.41, 5.74) is 8.19. The molecule has 3 N–H and O–H groups in total. The molecule has 0 saturated carbocycles. The molecule has 1 amide bonds. The average molecular weight is 274 g/mol. The molecule has 0 bridgehead atoms. The summed E-state index contributed by atoms with van der Waals surface area (Å²) in [5.74, 6) is -0.814. The van der Waals surface area contributed by atoms with Gasteiger partial charge in [-0.25, -0.2) is 4.39 Å². The van der Waals surface area contributed by atoms with Gasteiger partial charge >= 0.3 is 0 Å². The Hall–Kier alpha value is -2.56. The third kappa shape index (κ3) is 2.88. The highest BCUT2D eigenvalue weighted by atomic mass is 19.1. The molecule has 0 unspecified atom stereocenters. The molecule has 0 saturated heterocycles. The van der Waals surface area contributed by atoms with Crippen molar-refractivity contribution >= 4 is 17.3 Å². The molecule has 0 aliphatic carbocycles. The first kappa shape index (κ1) is 13.9. The Balaban J connectivity index is 2.21. The minimum atomic E-state index is -0.507. The molecule has 0 fully saturated rings. The third-order valence-electron chi connectivity index (χ3n) is 2.94. The van der Waals surface area contributed by atoms with E-state index in [4.69, 9.17) is 10.5 Å². The highest BCUT2D eigenvalue weighted by Crippen LogP contribution is 2.20. The number of aryl methyl sites for hydroxylation is 1. The van der Waals surface area contributed by atoms with Gasteiger partial charge in [0, 0.05) is 16.9 Å². The average Bonchev–Trinajstić information content (AvgIpc) is 2.43. The van der Waals surface area contributed by atoms with Crippen LogP contribution in [-0.4, -0.2) is 13.0 Å². The first-order valence-corrected chi connectivity index (χ1v) is 6.02. The van der Waals surface area contributed by atoms with Crippen LogP contribution < -0.4 is 15.8 Å². The Morgan fingerprint density at radius 1 is 1.25 bits per heavy atom. The molecule has 4 nitrogen and oxygen atoms in total. The summed E-state index contributed by atoms with van der Waals surface area (Å²) in [6, 6.07) is 9.15. The second kappa shape index (κ2) is 5.61. The number of nitrogens with two attached hydrogens (primary N) is 1. The smallest absolute Gasteiger partial charge is 0.255 e. The first-order valence-electron chi connectivity index (χ1n) is 6.02. The van der Waals surface area contributed by atoms with Crippen LogP contribution in [-0.2, 0) is 0 Å². The van der Waals surface area contributed by atoms with Crippen LogP contribution in [0, 0.1) is 12.7 Å². The molecule has 0 aliphatic rings. The number of nitrogens with one attached hydrogen (secondary N) is 1. The maximum Gasteiger partial charge on any atom is 0.255 e. The van der Waals surface area contributed by atoms with Crippen molar-refractivity contribution in [2.24, 2.45) is 0 Å². The molecule has 104 valence electrons. The predicted molar refractivity (Wildman–Crippen MR) is 76.5 cm³/mol. The van der Waals surface area contributed by atoms with E-state index >= 15 is 0 Å². The molecule has 0 aromatic heterocycles. The van der Waals surface area contributed by atoms with E-state index in [2.05, 4.69) is 5.32 Å². The molecule has 2 aromatic rings. The largest absolute Gasteiger partial charge is 0.494 e. The Kier molecular flexibility index (Phi) is 3.89. The predicted octanol–water partition coefficient (Wildman–Crippen LogP) is 2.98. The van der Waals surface area contributed by atoms with Crippen LogP contribution >= 0.6 is 0 Å². The summed E-state index contributed by atoms with van der Waals surface area (Å²) in [6.07, 6.45) is 0. The summed E-state index contributed by atoms with van der Waals surface area (Å²) >= 11 is 0. The Bertz CT molecular complexity index is 656. The topological polar surface area (TPSA) is 64.3 Å². The SMILES string of the molecule is COc1cc(C(=O)Nc2ccc(N)c(C)c2)ccc1F. The Morgan fingerprint density at radius 3 is 2.65 bits per heavy atom. The highest BCUT2D eigenvalue weighted by molar-refractivity contribution is 6.04. The number of amides is 1. The number of carbonyl (C=O) groups is 1. The molecule has 20 heavy (non-hydrogen) atoms. The lowest BCUT2D eigenvalue weighted by atomic mass is 10.1. The van der Waals surface area contributed by atoms with E-state index in [-0.39, 0.29) is 11.7 Å². The number of methoxy groups -OCH3 is 1. The van der Waals surface area contributed by atoms with Crippen molar-refractivity contribution in [2.45, 2.75) is 6.92 Å². The summed E-state index contributed by atoms with van der Waals surface area (Å²) in [4.78, 5) is 12.1. The second-order valence-electron chi connectivity index (χ2n) is 4.37. The van der Waals surface area contributed by atoms with Crippen LogP contribution in [0.25, 0.3) is 0 Å². The van der Waals surface area contributed by atoms with Gasteiger partial charge in [-0.2, -0.15) is 0 Å². The molecule has 0 spiro atoms. The fraction of sp³-hybridized carbons (Fsp3) is 0.133. The molecule has 0 radical (unpaired) electrons. The van der Waals surface area contributed by atoms with E-state index in [0.29, 0.717) is 16.9 Å². The van der Waals surface area contributed by atoms with Gasteiger partial charge in [-0.3, -0.25) is 4.79 Å². The van der Waals surface area contributed by atoms with Crippen molar-refractivity contribution in [3.63, 3.8) is 0 Å². The van der Waals surface area contributed by atoms with Crippen molar-refractivity contribution < 1.29 is 13.9 Å². The van der Waals surface area contributed by atoms with Gasteiger partial charge in [-0.05, 0) is 48.9 Å². The fourth-order valence-corrected chi connectivity index (χ4v) is 1.76. The van der Waals surface area contributed by atoms with Crippen LogP contribution in [0.15, 0.2) is 36.4 Å². The number of hydrogen-bond acceptors (Lipinski definition) is 3. The van der Waals surface area contributed by atoms with E-state index in [1.54, 1.807) is 18.2 Å². The fourth-order valence-electron chi connectivity index (χ4n) is 1.76. The number of ether oxygens (including phenoxy) is 1. The maximum atomic E-state index is 13.3. The van der Waals surface area contributed by atoms with Crippen molar-refractivity contribution in [1.82, 2.24) is 0 Å². The number of halogens is 1. The van der Waals surface area contributed by atoms with E-state index in [1.807, 2.05) is 6.92 Å². The number of anilines is 2. The number of nitrogen functional groups attached to an aromatic ring is 1. The number of hydrogen-bond donors (Lipinski definition) is 2. The van der Waals surface area contributed by atoms with Gasteiger partial charge in [0.2, 0.25) is 0 Å². The highest BCUT2D eigenvalue weighted by Gasteiger charge is 2.10. The normalized spacial score (nSPS) is 10.2. The van der Waals surface area contributed by atoms with E-state index in [1.165, 1.54) is 25.3 Å². The maximum absolute atomic E-state index is 13.3. The van der Waals surface area contributed by atoms with Crippen LogP contribution in [0.3, 0.4) is 0 Å². The van der Waals surface area contributed by atoms with Gasteiger partial charge in [0.1, 0.15) is 0 Å². The van der Waals surface area contributed by atoms with Crippen LogP contribution in [0.4, 0.5) is 15.8 Å². The first-order chi connectivity index (χ1) is 9.51. The van der Waals surface area contributed by atoms with Gasteiger partial charge in [-0.1, -0.05) is 0 Å². The lowest BCUT2D eigenvalue weighted by Crippen LogP contribution is -2.12. The molecule has 5 heteroatoms. The van der Waals surface area contributed by atoms with Gasteiger partial charge in [0.05, 0.1) is 7.11 Å². The lowest BCUT2D eigenvalue weighted by molar-refractivity contribution is 0.102. The molecule has 0 atom stereocenters. The number of carbonyl (C=O) groups excluding carboxylic acids is 1. The molecule has 0 aliphatic heterocycles. The molecule has 2 rings (SSSR count). The van der Waals surface area contributed by atoms with E-state index < -0.39 is 5.82 Å². The number of rotatable bonds is 3. The quantitative estimate of drug-likeness (QED) is 0.846. The molecular weight excluding hydrogens is 259 g/mol. The van der Waals surface area contributed by atoms with Gasteiger partial charge in [0.15, 0.2) is 11.6 Å². The second-order valence-corrected chi connectivity index (χ2v) is 4.37. The summed E-state index contributed by atoms with van der Waals surface area (Å²) in [6.45, 7) is 1.85. The van der Waals surface area contributed by atoms with Crippen LogP contribution in [0.1, 0.15) is 15.9 Å². The summed E-state index contributed by atoms with van der Waals surface area (Å²) in [7, 11) is 1.35. The van der Waals surface area contributed by atoms with Crippen LogP contribution in [0.5, 0.6) is 5.75 Å². The van der Waals surface area contributed by atoms with Crippen LogP contribution in [0.2, 0.25) is 0 Å². The zero-order valence-electron chi connectivity index (χ0n) is 11.2. The lowest BCUT2D eigenvalue weighted by Gasteiger charge is -2.09. The standard InChI is InChI=1S/C15H15FN2O2/c1-9-7-11(4-6-13(9)17)18-15(19)10-3-5-12(16)14(8-10)20-2/h3-8H,17H2,1-2H3,(H,18,19). The zero-order valence-corrected chi connectivity index (χ0v) is 11.2. The Morgan fingerprint density at radius 2 is 2.00 bits per heavy atom. The van der Waals surface area contributed by atoms with E-state index in [9.17, 15) is 9.18 Å². The summed E-state index contributed by atoms with van der Waals surface area (Å²) < 4.78 is 18.1. The van der Waals surface area contributed by atoms with Crippen molar-refractivity contribution in [3.05, 3.63) is 53.3 Å². The number of benzene rings is 2. The minimum Gasteiger partial charge on any atom is -0.494 e. The monoisotopic (exact) mass is 274 g/mol. The molecular formula is C15H15FN2O2. The zero-order chi connectivity index (χ0) is 14.7. The molecule has 0 heterocycles. The van der Waals surface area contributed by atoms with Crippen molar-refractivity contribution in [2.75, 3.05) is 18.2 Å². The minimum absolute atomic E-state index is 0.0335. The Labute approximate surface area is 116 Å². The van der Waals surface area contributed by atoms with Crippen molar-refractivity contribution in [3.8, 4) is 5.75 Å². The summed E-state index contributed by atoms with van der Waals surface area (Å²) in [5, 5.41) is 2.72. The van der Waals surface area contributed by atoms with Gasteiger partial charge < -0.3 is 15.8 Å².